The van der Waals surface area contributed by atoms with Crippen molar-refractivity contribution in [3.05, 3.63) is 76.9 Å². The summed E-state index contributed by atoms with van der Waals surface area (Å²) in [5, 5.41) is 13.5. The number of benzene rings is 1. The van der Waals surface area contributed by atoms with Crippen LogP contribution in [0.2, 0.25) is 0 Å². The number of carbonyl (C=O) groups is 2. The van der Waals surface area contributed by atoms with E-state index in [-0.39, 0.29) is 24.1 Å². The van der Waals surface area contributed by atoms with Gasteiger partial charge in [0.1, 0.15) is 17.9 Å². The number of aromatic nitrogens is 3. The minimum Gasteiger partial charge on any atom is -0.487 e. The van der Waals surface area contributed by atoms with E-state index in [1.165, 1.54) is 6.20 Å². The molecule has 10 heteroatoms. The number of hydrazine groups is 1. The van der Waals surface area contributed by atoms with E-state index in [1.807, 2.05) is 30.3 Å². The van der Waals surface area contributed by atoms with E-state index in [2.05, 4.69) is 20.9 Å². The molecule has 1 aromatic carbocycles. The van der Waals surface area contributed by atoms with Crippen molar-refractivity contribution < 1.29 is 19.4 Å². The maximum absolute atomic E-state index is 13.1. The molecule has 3 aromatic rings. The standard InChI is InChI=1S/C23H24N6O4/c30-22(28-8-9-29-21(13-28)18(12-26-29)23(31)32)16-3-1-2-15(10-16)14-33-17-4-5-19(24-11-17)20-6-7-25-27-20/h1-5,10-12,20,25,27H,6-9,13-14H2,(H,31,32). The lowest BCUT2D eigenvalue weighted by Gasteiger charge is -2.28. The van der Waals surface area contributed by atoms with Gasteiger partial charge in [0, 0.05) is 18.7 Å². The number of nitrogens with zero attached hydrogens (tertiary/aromatic N) is 4. The summed E-state index contributed by atoms with van der Waals surface area (Å²) in [6.07, 6.45) is 4.04. The van der Waals surface area contributed by atoms with Crippen molar-refractivity contribution >= 4 is 11.9 Å². The molecular formula is C23H24N6O4. The highest BCUT2D eigenvalue weighted by atomic mass is 16.5. The summed E-state index contributed by atoms with van der Waals surface area (Å²) in [4.78, 5) is 30.6. The molecule has 3 N–H and O–H groups in total. The first kappa shape index (κ1) is 21.1. The van der Waals surface area contributed by atoms with Crippen molar-refractivity contribution in [2.45, 2.75) is 32.2 Å². The number of rotatable bonds is 6. The molecule has 4 heterocycles. The highest BCUT2D eigenvalue weighted by molar-refractivity contribution is 5.95. The van der Waals surface area contributed by atoms with Crippen LogP contribution in [0.5, 0.6) is 5.75 Å². The summed E-state index contributed by atoms with van der Waals surface area (Å²) in [5.41, 5.74) is 9.32. The number of carbonyl (C=O) groups excluding carboxylic acids is 1. The second kappa shape index (κ2) is 9.00. The van der Waals surface area contributed by atoms with Gasteiger partial charge in [-0.25, -0.2) is 10.2 Å². The van der Waals surface area contributed by atoms with E-state index in [4.69, 9.17) is 4.74 Å². The number of ether oxygens (including phenoxy) is 1. The molecule has 1 fully saturated rings. The molecule has 0 radical (unpaired) electrons. The Morgan fingerprint density at radius 2 is 2.09 bits per heavy atom. The van der Waals surface area contributed by atoms with E-state index in [1.54, 1.807) is 21.8 Å². The number of hydrogen-bond donors (Lipinski definition) is 3. The average Bonchev–Trinajstić information content (AvgIpc) is 3.53. The Kier molecular flexibility index (Phi) is 5.76. The minimum absolute atomic E-state index is 0.134. The first-order valence-corrected chi connectivity index (χ1v) is 10.8. The van der Waals surface area contributed by atoms with Crippen LogP contribution in [0.3, 0.4) is 0 Å². The van der Waals surface area contributed by atoms with E-state index in [0.717, 1.165) is 24.2 Å². The molecular weight excluding hydrogens is 424 g/mol. The average molecular weight is 448 g/mol. The summed E-state index contributed by atoms with van der Waals surface area (Å²) in [7, 11) is 0. The Bertz CT molecular complexity index is 1170. The van der Waals surface area contributed by atoms with E-state index in [0.29, 0.717) is 36.7 Å². The number of nitrogens with one attached hydrogen (secondary N) is 2. The SMILES string of the molecule is O=C(O)c1cnn2c1CN(C(=O)c1cccc(COc3ccc(C4CCNN4)nc3)c1)CC2. The predicted molar refractivity (Wildman–Crippen MR) is 117 cm³/mol. The van der Waals surface area contributed by atoms with Gasteiger partial charge in [-0.3, -0.25) is 19.9 Å². The Hall–Kier alpha value is -3.76. The molecule has 2 aromatic heterocycles. The van der Waals surface area contributed by atoms with Crippen LogP contribution in [0.25, 0.3) is 0 Å². The lowest BCUT2D eigenvalue weighted by Crippen LogP contribution is -2.39. The number of aromatic carboxylic acids is 1. The van der Waals surface area contributed by atoms with Gasteiger partial charge in [0.05, 0.1) is 42.9 Å². The van der Waals surface area contributed by atoms with E-state index < -0.39 is 5.97 Å². The molecule has 0 saturated carbocycles. The largest absolute Gasteiger partial charge is 0.487 e. The van der Waals surface area contributed by atoms with Crippen molar-refractivity contribution in [1.29, 1.82) is 0 Å². The zero-order chi connectivity index (χ0) is 22.8. The smallest absolute Gasteiger partial charge is 0.339 e. The second-order valence-electron chi connectivity index (χ2n) is 8.08. The summed E-state index contributed by atoms with van der Waals surface area (Å²) in [6, 6.07) is 11.3. The van der Waals surface area contributed by atoms with E-state index >= 15 is 0 Å². The highest BCUT2D eigenvalue weighted by Gasteiger charge is 2.27. The van der Waals surface area contributed by atoms with Gasteiger partial charge in [-0.1, -0.05) is 12.1 Å². The molecule has 0 bridgehead atoms. The topological polar surface area (TPSA) is 122 Å². The van der Waals surface area contributed by atoms with Gasteiger partial charge in [-0.05, 0) is 36.2 Å². The summed E-state index contributed by atoms with van der Waals surface area (Å²) < 4.78 is 7.52. The molecule has 5 rings (SSSR count). The fraction of sp³-hybridized carbons (Fsp3) is 0.304. The number of amides is 1. The molecule has 0 aliphatic carbocycles. The van der Waals surface area contributed by atoms with Gasteiger partial charge in [0.25, 0.3) is 5.91 Å². The second-order valence-corrected chi connectivity index (χ2v) is 8.08. The molecule has 33 heavy (non-hydrogen) atoms. The fourth-order valence-corrected chi connectivity index (χ4v) is 4.13. The first-order chi connectivity index (χ1) is 16.1. The molecule has 1 unspecified atom stereocenters. The Morgan fingerprint density at radius 1 is 1.18 bits per heavy atom. The van der Waals surface area contributed by atoms with Crippen molar-refractivity contribution in [2.75, 3.05) is 13.1 Å². The Morgan fingerprint density at radius 3 is 2.85 bits per heavy atom. The third-order valence-corrected chi connectivity index (χ3v) is 5.92. The molecule has 2 aliphatic rings. The number of carboxylic acid groups (broad SMARTS) is 1. The Balaban J connectivity index is 1.23. The number of pyridine rings is 1. The number of hydrogen-bond acceptors (Lipinski definition) is 7. The van der Waals surface area contributed by atoms with Gasteiger partial charge in [0.2, 0.25) is 0 Å². The van der Waals surface area contributed by atoms with Crippen LogP contribution in [0.15, 0.2) is 48.8 Å². The van der Waals surface area contributed by atoms with Crippen LogP contribution >= 0.6 is 0 Å². The van der Waals surface area contributed by atoms with Gasteiger partial charge in [-0.15, -0.1) is 0 Å². The number of carboxylic acids is 1. The zero-order valence-corrected chi connectivity index (χ0v) is 17.9. The highest BCUT2D eigenvalue weighted by Crippen LogP contribution is 2.21. The zero-order valence-electron chi connectivity index (χ0n) is 17.9. The molecule has 1 atom stereocenters. The van der Waals surface area contributed by atoms with Crippen molar-refractivity contribution in [1.82, 2.24) is 30.5 Å². The van der Waals surface area contributed by atoms with Crippen LogP contribution in [-0.2, 0) is 19.7 Å². The molecule has 10 nitrogen and oxygen atoms in total. The predicted octanol–water partition coefficient (Wildman–Crippen LogP) is 1.75. The summed E-state index contributed by atoms with van der Waals surface area (Å²) in [5.74, 6) is -0.528. The van der Waals surface area contributed by atoms with Gasteiger partial charge < -0.3 is 14.7 Å². The molecule has 1 saturated heterocycles. The van der Waals surface area contributed by atoms with Crippen LogP contribution in [0.4, 0.5) is 0 Å². The van der Waals surface area contributed by atoms with Crippen LogP contribution in [0, 0.1) is 0 Å². The maximum atomic E-state index is 13.1. The molecule has 2 aliphatic heterocycles. The monoisotopic (exact) mass is 448 g/mol. The maximum Gasteiger partial charge on any atom is 0.339 e. The minimum atomic E-state index is -1.04. The van der Waals surface area contributed by atoms with Crippen LogP contribution < -0.4 is 15.6 Å². The summed E-state index contributed by atoms with van der Waals surface area (Å²) in [6.45, 7) is 2.37. The lowest BCUT2D eigenvalue weighted by molar-refractivity contribution is 0.0665. The van der Waals surface area contributed by atoms with Crippen LogP contribution in [-0.4, -0.2) is 49.7 Å². The third-order valence-electron chi connectivity index (χ3n) is 5.92. The Labute approximate surface area is 190 Å². The fourth-order valence-electron chi connectivity index (χ4n) is 4.13. The molecule has 0 spiro atoms. The first-order valence-electron chi connectivity index (χ1n) is 10.8. The molecule has 170 valence electrons. The van der Waals surface area contributed by atoms with E-state index in [9.17, 15) is 14.7 Å². The van der Waals surface area contributed by atoms with Crippen molar-refractivity contribution in [3.63, 3.8) is 0 Å². The van der Waals surface area contributed by atoms with Crippen molar-refractivity contribution in [3.8, 4) is 5.75 Å². The van der Waals surface area contributed by atoms with Crippen molar-refractivity contribution in [2.24, 2.45) is 0 Å². The third kappa shape index (κ3) is 4.43. The van der Waals surface area contributed by atoms with Gasteiger partial charge in [-0.2, -0.15) is 5.10 Å². The van der Waals surface area contributed by atoms with Gasteiger partial charge in [0.15, 0.2) is 0 Å². The van der Waals surface area contributed by atoms with Gasteiger partial charge >= 0.3 is 5.97 Å². The normalized spacial score (nSPS) is 17.6. The molecule has 1 amide bonds. The quantitative estimate of drug-likeness (QED) is 0.522. The lowest BCUT2D eigenvalue weighted by atomic mass is 10.1. The summed E-state index contributed by atoms with van der Waals surface area (Å²) >= 11 is 0. The number of fused-ring (bicyclic) bond motifs is 1. The van der Waals surface area contributed by atoms with Crippen LogP contribution in [0.1, 0.15) is 50.1 Å².